The summed E-state index contributed by atoms with van der Waals surface area (Å²) in [7, 11) is -0.885. The molecule has 22 heavy (non-hydrogen) atoms. The van der Waals surface area contributed by atoms with Crippen LogP contribution in [-0.4, -0.2) is 15.4 Å². The van der Waals surface area contributed by atoms with Crippen LogP contribution in [0.2, 0.25) is 0 Å². The minimum atomic E-state index is -0.885. The van der Waals surface area contributed by atoms with Crippen LogP contribution in [0.4, 0.5) is 11.4 Å². The average Bonchev–Trinajstić information content (AvgIpc) is 2.47. The fourth-order valence-corrected chi connectivity index (χ4v) is 2.88. The molecule has 0 aromatic heterocycles. The highest BCUT2D eigenvalue weighted by Gasteiger charge is 2.11. The summed E-state index contributed by atoms with van der Waals surface area (Å²) < 4.78 is 11.3. The van der Waals surface area contributed by atoms with Gasteiger partial charge in [0.1, 0.15) is 0 Å². The Kier molecular flexibility index (Phi) is 5.27. The van der Waals surface area contributed by atoms with Gasteiger partial charge < -0.3 is 5.32 Å². The van der Waals surface area contributed by atoms with E-state index >= 15 is 0 Å². The van der Waals surface area contributed by atoms with E-state index in [1.165, 1.54) is 6.07 Å². The first-order valence-corrected chi connectivity index (χ1v) is 8.58. The lowest BCUT2D eigenvalue weighted by Gasteiger charge is -2.16. The van der Waals surface area contributed by atoms with Crippen LogP contribution in [0.3, 0.4) is 0 Å². The van der Waals surface area contributed by atoms with Gasteiger partial charge in [-0.25, -0.2) is 0 Å². The molecular weight excluding hydrogens is 300 g/mol. The summed E-state index contributed by atoms with van der Waals surface area (Å²) in [5.41, 5.74) is 2.83. The first-order valence-electron chi connectivity index (χ1n) is 6.85. The molecule has 0 saturated heterocycles. The summed E-state index contributed by atoms with van der Waals surface area (Å²) in [6.07, 6.45) is 1.67. The molecule has 0 fully saturated rings. The molecule has 2 aromatic carbocycles. The Morgan fingerprint density at radius 2 is 1.95 bits per heavy atom. The van der Waals surface area contributed by atoms with Gasteiger partial charge in [-0.2, -0.15) is 0 Å². The molecule has 0 unspecified atom stereocenters. The summed E-state index contributed by atoms with van der Waals surface area (Å²) in [6, 6.07) is 14.2. The van der Waals surface area contributed by atoms with Gasteiger partial charge in [-0.15, -0.1) is 0 Å². The van der Waals surface area contributed by atoms with E-state index in [1.54, 1.807) is 18.4 Å². The van der Waals surface area contributed by atoms with E-state index in [1.807, 2.05) is 37.3 Å². The van der Waals surface area contributed by atoms with Crippen molar-refractivity contribution in [1.29, 1.82) is 0 Å². The predicted octanol–water partition coefficient (Wildman–Crippen LogP) is 3.65. The minimum Gasteiger partial charge on any atom is -0.379 e. The Balaban J connectivity index is 2.14. The van der Waals surface area contributed by atoms with Crippen LogP contribution >= 0.6 is 0 Å². The van der Waals surface area contributed by atoms with Crippen molar-refractivity contribution in [1.82, 2.24) is 0 Å². The van der Waals surface area contributed by atoms with E-state index < -0.39 is 15.7 Å². The maximum Gasteiger partial charge on any atom is 0.269 e. The zero-order valence-electron chi connectivity index (χ0n) is 12.5. The SMILES string of the molecule is C[C@@H](Nc1cccc(C[S@@](C)=O)c1)c1cccc([N+](=O)[O-])c1. The van der Waals surface area contributed by atoms with Crippen molar-refractivity contribution >= 4 is 22.2 Å². The average molecular weight is 318 g/mol. The van der Waals surface area contributed by atoms with Gasteiger partial charge in [-0.1, -0.05) is 24.3 Å². The first kappa shape index (κ1) is 16.2. The number of rotatable bonds is 6. The van der Waals surface area contributed by atoms with E-state index in [2.05, 4.69) is 5.32 Å². The minimum absolute atomic E-state index is 0.0673. The van der Waals surface area contributed by atoms with Gasteiger partial charge in [0.05, 0.1) is 4.92 Å². The normalized spacial score (nSPS) is 13.4. The van der Waals surface area contributed by atoms with Crippen molar-refractivity contribution in [2.45, 2.75) is 18.7 Å². The van der Waals surface area contributed by atoms with Gasteiger partial charge in [0, 0.05) is 46.7 Å². The quantitative estimate of drug-likeness (QED) is 0.652. The number of nitro benzene ring substituents is 1. The first-order chi connectivity index (χ1) is 10.5. The third-order valence-corrected chi connectivity index (χ3v) is 4.00. The molecule has 1 N–H and O–H groups in total. The number of nitrogens with zero attached hydrogens (tertiary/aromatic N) is 1. The molecule has 0 bridgehead atoms. The van der Waals surface area contributed by atoms with Crippen molar-refractivity contribution in [2.24, 2.45) is 0 Å². The topological polar surface area (TPSA) is 72.2 Å². The predicted molar refractivity (Wildman–Crippen MR) is 89.3 cm³/mol. The van der Waals surface area contributed by atoms with Crippen molar-refractivity contribution < 1.29 is 9.13 Å². The fourth-order valence-electron chi connectivity index (χ4n) is 2.23. The molecule has 2 atom stereocenters. The molecule has 2 aromatic rings. The van der Waals surface area contributed by atoms with Gasteiger partial charge >= 0.3 is 0 Å². The Morgan fingerprint density at radius 3 is 2.64 bits per heavy atom. The van der Waals surface area contributed by atoms with Crippen molar-refractivity contribution in [3.63, 3.8) is 0 Å². The monoisotopic (exact) mass is 318 g/mol. The molecular formula is C16H18N2O3S. The second-order valence-electron chi connectivity index (χ2n) is 5.14. The van der Waals surface area contributed by atoms with E-state index in [4.69, 9.17) is 0 Å². The second-order valence-corrected chi connectivity index (χ2v) is 6.57. The molecule has 0 heterocycles. The molecule has 5 nitrogen and oxygen atoms in total. The third kappa shape index (κ3) is 4.39. The van der Waals surface area contributed by atoms with Crippen LogP contribution in [0.5, 0.6) is 0 Å². The molecule has 0 saturated carbocycles. The van der Waals surface area contributed by atoms with Gasteiger partial charge in [0.2, 0.25) is 0 Å². The molecule has 0 spiro atoms. The molecule has 0 aliphatic carbocycles. The molecule has 0 aliphatic heterocycles. The van der Waals surface area contributed by atoms with E-state index in [9.17, 15) is 14.3 Å². The lowest BCUT2D eigenvalue weighted by molar-refractivity contribution is -0.384. The van der Waals surface area contributed by atoms with Crippen LogP contribution in [0.15, 0.2) is 48.5 Å². The zero-order valence-corrected chi connectivity index (χ0v) is 13.3. The van der Waals surface area contributed by atoms with Crippen LogP contribution in [0.1, 0.15) is 24.1 Å². The number of benzene rings is 2. The molecule has 2 rings (SSSR count). The van der Waals surface area contributed by atoms with Gasteiger partial charge in [0.25, 0.3) is 5.69 Å². The van der Waals surface area contributed by atoms with Crippen LogP contribution in [0.25, 0.3) is 0 Å². The number of non-ortho nitro benzene ring substituents is 1. The zero-order chi connectivity index (χ0) is 16.1. The largest absolute Gasteiger partial charge is 0.379 e. The lowest BCUT2D eigenvalue weighted by Crippen LogP contribution is -2.07. The summed E-state index contributed by atoms with van der Waals surface area (Å²) in [4.78, 5) is 10.4. The van der Waals surface area contributed by atoms with Crippen LogP contribution < -0.4 is 5.32 Å². The standard InChI is InChI=1S/C16H18N2O3S/c1-12(14-6-4-8-16(10-14)18(19)20)17-15-7-3-5-13(9-15)11-22(2)21/h3-10,12,17H,11H2,1-2H3/t12-,22-/m1/s1. The molecule has 0 radical (unpaired) electrons. The van der Waals surface area contributed by atoms with Crippen molar-refractivity contribution in [2.75, 3.05) is 11.6 Å². The number of hydrogen-bond acceptors (Lipinski definition) is 4. The molecule has 116 valence electrons. The highest BCUT2D eigenvalue weighted by atomic mass is 32.2. The second kappa shape index (κ2) is 7.17. The molecule has 0 amide bonds. The van der Waals surface area contributed by atoms with E-state index in [0.717, 1.165) is 16.8 Å². The Labute approximate surface area is 132 Å². The number of anilines is 1. The Bertz CT molecular complexity index is 703. The fraction of sp³-hybridized carbons (Fsp3) is 0.250. The number of nitrogens with one attached hydrogen (secondary N) is 1. The summed E-state index contributed by atoms with van der Waals surface area (Å²) >= 11 is 0. The Hall–Kier alpha value is -2.21. The van der Waals surface area contributed by atoms with E-state index in [-0.39, 0.29) is 11.7 Å². The molecule has 6 heteroatoms. The highest BCUT2D eigenvalue weighted by molar-refractivity contribution is 7.83. The van der Waals surface area contributed by atoms with Crippen LogP contribution in [0, 0.1) is 10.1 Å². The smallest absolute Gasteiger partial charge is 0.269 e. The number of hydrogen-bond donors (Lipinski definition) is 1. The molecule has 0 aliphatic rings. The highest BCUT2D eigenvalue weighted by Crippen LogP contribution is 2.23. The third-order valence-electron chi connectivity index (χ3n) is 3.26. The maximum atomic E-state index is 11.3. The summed E-state index contributed by atoms with van der Waals surface area (Å²) in [6.45, 7) is 1.95. The lowest BCUT2D eigenvalue weighted by atomic mass is 10.1. The van der Waals surface area contributed by atoms with Crippen molar-refractivity contribution in [3.05, 3.63) is 69.8 Å². The van der Waals surface area contributed by atoms with Crippen molar-refractivity contribution in [3.8, 4) is 0 Å². The van der Waals surface area contributed by atoms with Gasteiger partial charge in [-0.3, -0.25) is 14.3 Å². The van der Waals surface area contributed by atoms with Gasteiger partial charge in [0.15, 0.2) is 0 Å². The Morgan fingerprint density at radius 1 is 1.23 bits per heavy atom. The maximum absolute atomic E-state index is 11.3. The summed E-state index contributed by atoms with van der Waals surface area (Å²) in [5.74, 6) is 0.515. The van der Waals surface area contributed by atoms with E-state index in [0.29, 0.717) is 5.75 Å². The summed E-state index contributed by atoms with van der Waals surface area (Å²) in [5, 5.41) is 14.2. The number of nitro groups is 1. The van der Waals surface area contributed by atoms with Crippen LogP contribution in [-0.2, 0) is 16.6 Å². The van der Waals surface area contributed by atoms with Gasteiger partial charge in [-0.05, 0) is 30.2 Å².